The van der Waals surface area contributed by atoms with Crippen molar-refractivity contribution in [2.75, 3.05) is 16.4 Å². The lowest BCUT2D eigenvalue weighted by Gasteiger charge is -2.07. The number of carbonyl (C=O) groups excluding carboxylic acids is 1. The van der Waals surface area contributed by atoms with E-state index in [1.807, 2.05) is 13.0 Å². The van der Waals surface area contributed by atoms with Crippen molar-refractivity contribution in [1.82, 2.24) is 4.98 Å². The summed E-state index contributed by atoms with van der Waals surface area (Å²) >= 11 is 7.22. The van der Waals surface area contributed by atoms with Gasteiger partial charge in [0.25, 0.3) is 5.91 Å². The molecule has 1 saturated carbocycles. The van der Waals surface area contributed by atoms with E-state index < -0.39 is 0 Å². The SMILES string of the molecule is Cc1ccc(Cl)cc1NC(=O)c1sc(NC2CC2)nc1N. The van der Waals surface area contributed by atoms with E-state index in [9.17, 15) is 4.79 Å². The highest BCUT2D eigenvalue weighted by Crippen LogP contribution is 2.31. The van der Waals surface area contributed by atoms with Gasteiger partial charge < -0.3 is 16.4 Å². The van der Waals surface area contributed by atoms with Gasteiger partial charge in [0.05, 0.1) is 0 Å². The maximum atomic E-state index is 12.3. The summed E-state index contributed by atoms with van der Waals surface area (Å²) in [5.41, 5.74) is 7.45. The minimum absolute atomic E-state index is 0.250. The lowest BCUT2D eigenvalue weighted by atomic mass is 10.2. The molecule has 1 heterocycles. The Hall–Kier alpha value is -1.79. The Morgan fingerprint density at radius 3 is 2.95 bits per heavy atom. The van der Waals surface area contributed by atoms with Gasteiger partial charge in [-0.1, -0.05) is 29.0 Å². The van der Waals surface area contributed by atoms with E-state index in [1.165, 1.54) is 11.3 Å². The number of nitrogens with one attached hydrogen (secondary N) is 2. The molecule has 0 saturated heterocycles. The standard InChI is InChI=1S/C14H15ClN4OS/c1-7-2-3-8(15)6-10(7)18-13(20)11-12(16)19-14(21-11)17-9-4-5-9/h2-3,6,9H,4-5,16H2,1H3,(H,17,19)(H,18,20). The van der Waals surface area contributed by atoms with Crippen molar-refractivity contribution in [3.8, 4) is 0 Å². The smallest absolute Gasteiger partial charge is 0.269 e. The van der Waals surface area contributed by atoms with Crippen LogP contribution in [0.1, 0.15) is 28.1 Å². The van der Waals surface area contributed by atoms with Gasteiger partial charge in [-0.3, -0.25) is 4.79 Å². The van der Waals surface area contributed by atoms with Gasteiger partial charge in [-0.2, -0.15) is 0 Å². The molecule has 21 heavy (non-hydrogen) atoms. The zero-order valence-corrected chi connectivity index (χ0v) is 13.0. The average Bonchev–Trinajstić information content (AvgIpc) is 3.16. The monoisotopic (exact) mass is 322 g/mol. The molecule has 0 radical (unpaired) electrons. The highest BCUT2D eigenvalue weighted by atomic mass is 35.5. The fourth-order valence-electron chi connectivity index (χ4n) is 1.87. The number of nitrogen functional groups attached to an aromatic ring is 1. The maximum Gasteiger partial charge on any atom is 0.269 e. The van der Waals surface area contributed by atoms with Gasteiger partial charge in [-0.05, 0) is 37.5 Å². The molecule has 1 aromatic carbocycles. The van der Waals surface area contributed by atoms with E-state index in [1.54, 1.807) is 12.1 Å². The number of hydrogen-bond acceptors (Lipinski definition) is 5. The van der Waals surface area contributed by atoms with E-state index in [0.717, 1.165) is 18.4 Å². The van der Waals surface area contributed by atoms with Crippen LogP contribution >= 0.6 is 22.9 Å². The number of hydrogen-bond donors (Lipinski definition) is 3. The van der Waals surface area contributed by atoms with E-state index in [-0.39, 0.29) is 11.7 Å². The summed E-state index contributed by atoms with van der Waals surface area (Å²) in [6.07, 6.45) is 2.28. The minimum Gasteiger partial charge on any atom is -0.382 e. The van der Waals surface area contributed by atoms with Gasteiger partial charge in [-0.25, -0.2) is 4.98 Å². The zero-order valence-electron chi connectivity index (χ0n) is 11.4. The van der Waals surface area contributed by atoms with Crippen LogP contribution in [-0.2, 0) is 0 Å². The second-order valence-corrected chi connectivity index (χ2v) is 6.50. The molecule has 2 aromatic rings. The number of thiazole rings is 1. The van der Waals surface area contributed by atoms with Crippen LogP contribution < -0.4 is 16.4 Å². The van der Waals surface area contributed by atoms with E-state index in [2.05, 4.69) is 15.6 Å². The van der Waals surface area contributed by atoms with Crippen molar-refractivity contribution in [1.29, 1.82) is 0 Å². The summed E-state index contributed by atoms with van der Waals surface area (Å²) < 4.78 is 0. The normalized spacial score (nSPS) is 14.0. The van der Waals surface area contributed by atoms with Gasteiger partial charge in [0.15, 0.2) is 5.13 Å². The number of nitrogens with two attached hydrogens (primary N) is 1. The summed E-state index contributed by atoms with van der Waals surface area (Å²) in [5, 5.41) is 7.34. The summed E-state index contributed by atoms with van der Waals surface area (Å²) in [6, 6.07) is 5.83. The van der Waals surface area contributed by atoms with Crippen LogP contribution in [0.2, 0.25) is 5.02 Å². The highest BCUT2D eigenvalue weighted by molar-refractivity contribution is 7.18. The number of rotatable bonds is 4. The number of anilines is 3. The van der Waals surface area contributed by atoms with Gasteiger partial charge in [0.1, 0.15) is 10.7 Å². The lowest BCUT2D eigenvalue weighted by molar-refractivity contribution is 0.103. The average molecular weight is 323 g/mol. The number of halogens is 1. The fraction of sp³-hybridized carbons (Fsp3) is 0.286. The van der Waals surface area contributed by atoms with Gasteiger partial charge >= 0.3 is 0 Å². The second-order valence-electron chi connectivity index (χ2n) is 5.07. The zero-order chi connectivity index (χ0) is 15.0. The van der Waals surface area contributed by atoms with Crippen LogP contribution in [0.25, 0.3) is 0 Å². The number of aryl methyl sites for hydroxylation is 1. The molecule has 5 nitrogen and oxygen atoms in total. The number of amides is 1. The Morgan fingerprint density at radius 2 is 2.24 bits per heavy atom. The summed E-state index contributed by atoms with van der Waals surface area (Å²) in [7, 11) is 0. The number of carbonyl (C=O) groups is 1. The third-order valence-corrected chi connectivity index (χ3v) is 4.45. The molecule has 1 aliphatic carbocycles. The molecule has 1 amide bonds. The van der Waals surface area contributed by atoms with Crippen molar-refractivity contribution < 1.29 is 4.79 Å². The maximum absolute atomic E-state index is 12.3. The molecule has 7 heteroatoms. The van der Waals surface area contributed by atoms with E-state index in [4.69, 9.17) is 17.3 Å². The predicted octanol–water partition coefficient (Wildman–Crippen LogP) is 3.51. The van der Waals surface area contributed by atoms with Gasteiger partial charge in [-0.15, -0.1) is 0 Å². The first-order valence-electron chi connectivity index (χ1n) is 6.63. The molecule has 0 bridgehead atoms. The Balaban J connectivity index is 1.78. The molecule has 1 fully saturated rings. The molecule has 0 aliphatic heterocycles. The van der Waals surface area contributed by atoms with Crippen LogP contribution in [0, 0.1) is 6.92 Å². The Kier molecular flexibility index (Phi) is 3.73. The Labute approximate surface area is 131 Å². The van der Waals surface area contributed by atoms with Crippen molar-refractivity contribution in [2.45, 2.75) is 25.8 Å². The fourth-order valence-corrected chi connectivity index (χ4v) is 2.90. The summed E-state index contributed by atoms with van der Waals surface area (Å²) in [5.74, 6) is -0.0143. The molecule has 1 aromatic heterocycles. The van der Waals surface area contributed by atoms with Gasteiger partial charge in [0, 0.05) is 16.8 Å². The highest BCUT2D eigenvalue weighted by Gasteiger charge is 2.24. The topological polar surface area (TPSA) is 80.0 Å². The lowest BCUT2D eigenvalue weighted by Crippen LogP contribution is -2.13. The molecular formula is C14H15ClN4OS. The van der Waals surface area contributed by atoms with Crippen molar-refractivity contribution in [3.63, 3.8) is 0 Å². The Bertz CT molecular complexity index is 696. The Morgan fingerprint density at radius 1 is 1.48 bits per heavy atom. The molecule has 4 N–H and O–H groups in total. The molecular weight excluding hydrogens is 308 g/mol. The summed E-state index contributed by atoms with van der Waals surface area (Å²) in [6.45, 7) is 1.90. The first-order chi connectivity index (χ1) is 10.0. The van der Waals surface area contributed by atoms with E-state index in [0.29, 0.717) is 26.8 Å². The largest absolute Gasteiger partial charge is 0.382 e. The van der Waals surface area contributed by atoms with Crippen molar-refractivity contribution >= 4 is 45.5 Å². The van der Waals surface area contributed by atoms with Crippen LogP contribution in [-0.4, -0.2) is 16.9 Å². The van der Waals surface area contributed by atoms with Crippen LogP contribution in [0.15, 0.2) is 18.2 Å². The first-order valence-corrected chi connectivity index (χ1v) is 7.82. The third kappa shape index (κ3) is 3.28. The number of aromatic nitrogens is 1. The molecule has 110 valence electrons. The molecule has 3 rings (SSSR count). The van der Waals surface area contributed by atoms with Crippen LogP contribution in [0.3, 0.4) is 0 Å². The molecule has 0 spiro atoms. The summed E-state index contributed by atoms with van der Waals surface area (Å²) in [4.78, 5) is 16.9. The van der Waals surface area contributed by atoms with Crippen molar-refractivity contribution in [3.05, 3.63) is 33.7 Å². The van der Waals surface area contributed by atoms with Crippen LogP contribution in [0.5, 0.6) is 0 Å². The number of benzene rings is 1. The first kappa shape index (κ1) is 14.2. The van der Waals surface area contributed by atoms with E-state index >= 15 is 0 Å². The third-order valence-electron chi connectivity index (χ3n) is 3.21. The molecule has 1 aliphatic rings. The molecule has 0 atom stereocenters. The quantitative estimate of drug-likeness (QED) is 0.804. The number of nitrogens with zero attached hydrogens (tertiary/aromatic N) is 1. The predicted molar refractivity (Wildman–Crippen MR) is 87.3 cm³/mol. The second kappa shape index (κ2) is 5.54. The van der Waals surface area contributed by atoms with Gasteiger partial charge in [0.2, 0.25) is 0 Å². The minimum atomic E-state index is -0.265. The van der Waals surface area contributed by atoms with Crippen LogP contribution in [0.4, 0.5) is 16.6 Å². The molecule has 0 unspecified atom stereocenters. The van der Waals surface area contributed by atoms with Crippen molar-refractivity contribution in [2.24, 2.45) is 0 Å².